The average Bonchev–Trinajstić information content (AvgIpc) is 2.15. The molecule has 0 aliphatic carbocycles. The molecule has 0 saturated heterocycles. The highest BCUT2D eigenvalue weighted by Gasteiger charge is 2.26. The van der Waals surface area contributed by atoms with Crippen molar-refractivity contribution in [3.63, 3.8) is 0 Å². The molecule has 0 saturated carbocycles. The minimum Gasteiger partial charge on any atom is -0.445 e. The number of amides is 1. The van der Waals surface area contributed by atoms with Crippen LogP contribution in [0.2, 0.25) is 0 Å². The summed E-state index contributed by atoms with van der Waals surface area (Å²) >= 11 is 0. The van der Waals surface area contributed by atoms with Crippen LogP contribution in [0, 0.1) is 5.41 Å². The van der Waals surface area contributed by atoms with Gasteiger partial charge in [-0.2, -0.15) is 0 Å². The van der Waals surface area contributed by atoms with E-state index in [1.54, 1.807) is 20.8 Å². The lowest BCUT2D eigenvalue weighted by Crippen LogP contribution is -2.34. The summed E-state index contributed by atoms with van der Waals surface area (Å²) in [6.45, 7) is 0.0687. The van der Waals surface area contributed by atoms with Gasteiger partial charge in [-0.05, 0) is 6.07 Å². The molecule has 7 heteroatoms. The van der Waals surface area contributed by atoms with Crippen LogP contribution in [0.5, 0.6) is 0 Å². The molecule has 0 bridgehead atoms. The Bertz CT molecular complexity index is 409. The lowest BCUT2D eigenvalue weighted by atomic mass is 9.81. The van der Waals surface area contributed by atoms with Crippen molar-refractivity contribution in [1.82, 2.24) is 4.98 Å². The molecule has 0 aliphatic rings. The van der Waals surface area contributed by atoms with E-state index in [1.807, 2.05) is 0 Å². The van der Waals surface area contributed by atoms with E-state index in [4.69, 9.17) is 0 Å². The molecule has 1 aromatic heterocycles. The highest BCUT2D eigenvalue weighted by molar-refractivity contribution is 6.73. The quantitative estimate of drug-likeness (QED) is 0.811. The number of carbonyl (C=O) groups excluding carboxylic acids is 1. The Labute approximate surface area is 97.5 Å². The second-order valence-corrected chi connectivity index (χ2v) is 4.76. The minimum absolute atomic E-state index is 0.119. The fourth-order valence-corrected chi connectivity index (χ4v) is 0.977. The number of carbonyl (C=O) groups is 1. The summed E-state index contributed by atoms with van der Waals surface area (Å²) in [4.78, 5) is 15.1. The van der Waals surface area contributed by atoms with Gasteiger partial charge in [0, 0.05) is 11.6 Å². The maximum atomic E-state index is 12.3. The molecule has 17 heavy (non-hydrogen) atoms. The van der Waals surface area contributed by atoms with E-state index in [0.29, 0.717) is 0 Å². The number of hydrogen-bond acceptors (Lipinski definition) is 2. The van der Waals surface area contributed by atoms with Crippen molar-refractivity contribution in [3.05, 3.63) is 18.3 Å². The Morgan fingerprint density at radius 1 is 1.29 bits per heavy atom. The number of aromatic nitrogens is 1. The zero-order valence-corrected chi connectivity index (χ0v) is 9.80. The lowest BCUT2D eigenvalue weighted by molar-refractivity contribution is -0.123. The molecule has 0 atom stereocenters. The molecule has 0 unspecified atom stereocenters. The fourth-order valence-electron chi connectivity index (χ4n) is 0.977. The highest BCUT2D eigenvalue weighted by atomic mass is 19.4. The van der Waals surface area contributed by atoms with Gasteiger partial charge in [0.1, 0.15) is 5.82 Å². The second-order valence-electron chi connectivity index (χ2n) is 4.76. The van der Waals surface area contributed by atoms with E-state index in [-0.39, 0.29) is 11.7 Å². The van der Waals surface area contributed by atoms with Gasteiger partial charge in [-0.1, -0.05) is 32.3 Å². The van der Waals surface area contributed by atoms with E-state index in [0.717, 1.165) is 18.3 Å². The van der Waals surface area contributed by atoms with Crippen molar-refractivity contribution >= 4 is 24.2 Å². The molecule has 0 spiro atoms. The zero-order valence-electron chi connectivity index (χ0n) is 9.80. The van der Waals surface area contributed by atoms with Crippen molar-refractivity contribution < 1.29 is 17.7 Å². The van der Waals surface area contributed by atoms with Crippen LogP contribution in [0.4, 0.5) is 18.8 Å². The number of nitrogens with one attached hydrogen (secondary N) is 1. The molecule has 0 aliphatic heterocycles. The molecule has 1 heterocycles. The summed E-state index contributed by atoms with van der Waals surface area (Å²) in [6, 6.07) is 2.06. The van der Waals surface area contributed by atoms with Crippen LogP contribution in [0.1, 0.15) is 20.8 Å². The molecule has 0 fully saturated rings. The summed E-state index contributed by atoms with van der Waals surface area (Å²) in [5.74, 6) is -0.177. The topological polar surface area (TPSA) is 42.0 Å². The minimum atomic E-state index is -5.04. The maximum Gasteiger partial charge on any atom is 0.511 e. The number of nitrogens with zero attached hydrogens (tertiary/aromatic N) is 1. The molecule has 1 aromatic rings. The number of halogens is 3. The summed E-state index contributed by atoms with van der Waals surface area (Å²) in [7, 11) is 0. The second kappa shape index (κ2) is 4.39. The largest absolute Gasteiger partial charge is 0.511 e. The van der Waals surface area contributed by atoms with Gasteiger partial charge in [0.15, 0.2) is 0 Å². The Balaban J connectivity index is 2.80. The molecule has 1 amide bonds. The first kappa shape index (κ1) is 13.5. The van der Waals surface area contributed by atoms with Crippen LogP contribution >= 0.6 is 0 Å². The lowest BCUT2D eigenvalue weighted by Gasteiger charge is -2.18. The van der Waals surface area contributed by atoms with Gasteiger partial charge in [-0.15, -0.1) is 0 Å². The first-order valence-electron chi connectivity index (χ1n) is 5.08. The van der Waals surface area contributed by atoms with Gasteiger partial charge in [0.25, 0.3) is 0 Å². The monoisotopic (exact) mass is 245 g/mol. The van der Waals surface area contributed by atoms with Gasteiger partial charge in [0.2, 0.25) is 5.91 Å². The Morgan fingerprint density at radius 2 is 1.88 bits per heavy atom. The molecule has 1 rings (SSSR count). The van der Waals surface area contributed by atoms with Crippen LogP contribution in [0.25, 0.3) is 0 Å². The van der Waals surface area contributed by atoms with Crippen molar-refractivity contribution in [2.75, 3.05) is 5.32 Å². The molecule has 1 N–H and O–H groups in total. The average molecular weight is 245 g/mol. The van der Waals surface area contributed by atoms with Gasteiger partial charge in [-0.25, -0.2) is 4.98 Å². The third-order valence-corrected chi connectivity index (χ3v) is 2.09. The van der Waals surface area contributed by atoms with E-state index < -0.39 is 17.9 Å². The third-order valence-electron chi connectivity index (χ3n) is 2.09. The first-order chi connectivity index (χ1) is 7.60. The van der Waals surface area contributed by atoms with Gasteiger partial charge >= 0.3 is 6.98 Å². The first-order valence-corrected chi connectivity index (χ1v) is 5.08. The molecule has 0 radical (unpaired) electrons. The van der Waals surface area contributed by atoms with Crippen LogP contribution in [0.3, 0.4) is 0 Å². The molecular weight excluding hydrogens is 232 g/mol. The standard InChI is InChI=1S/C10H13BF3N2O/c1-10(2,3)9(17)16-8-5-4-7(6-15-8)11(12,13)14/h4-6H,1-3H3,(H,15,16,17)/q-1. The summed E-state index contributed by atoms with van der Waals surface area (Å²) < 4.78 is 36.9. The van der Waals surface area contributed by atoms with Gasteiger partial charge < -0.3 is 18.3 Å². The van der Waals surface area contributed by atoms with Crippen molar-refractivity contribution in [3.8, 4) is 0 Å². The van der Waals surface area contributed by atoms with Crippen molar-refractivity contribution in [2.45, 2.75) is 20.8 Å². The van der Waals surface area contributed by atoms with E-state index in [1.165, 1.54) is 0 Å². The predicted molar refractivity (Wildman–Crippen MR) is 61.0 cm³/mol. The van der Waals surface area contributed by atoms with Crippen LogP contribution in [-0.2, 0) is 4.79 Å². The van der Waals surface area contributed by atoms with E-state index >= 15 is 0 Å². The van der Waals surface area contributed by atoms with E-state index in [9.17, 15) is 17.7 Å². The zero-order chi connectivity index (χ0) is 13.3. The van der Waals surface area contributed by atoms with Gasteiger partial charge in [0.05, 0.1) is 0 Å². The summed E-state index contributed by atoms with van der Waals surface area (Å²) in [5.41, 5.74) is -1.40. The van der Waals surface area contributed by atoms with Crippen LogP contribution in [0.15, 0.2) is 18.3 Å². The number of anilines is 1. The van der Waals surface area contributed by atoms with Crippen LogP contribution in [-0.4, -0.2) is 17.9 Å². The Kier molecular flexibility index (Phi) is 3.49. The number of pyridine rings is 1. The predicted octanol–water partition coefficient (Wildman–Crippen LogP) is 2.12. The molecule has 94 valence electrons. The highest BCUT2D eigenvalue weighted by Crippen LogP contribution is 2.16. The van der Waals surface area contributed by atoms with Gasteiger partial charge in [-0.3, -0.25) is 4.79 Å². The summed E-state index contributed by atoms with van der Waals surface area (Å²) in [6.07, 6.45) is 0.721. The molecular formula is C10H13BF3N2O-. The SMILES string of the molecule is CC(C)(C)C(=O)Nc1ccc([B-](F)(F)F)cn1. The number of hydrogen-bond donors (Lipinski definition) is 1. The van der Waals surface area contributed by atoms with Crippen LogP contribution < -0.4 is 10.8 Å². The normalized spacial score (nSPS) is 12.4. The molecule has 3 nitrogen and oxygen atoms in total. The van der Waals surface area contributed by atoms with Crippen molar-refractivity contribution in [1.29, 1.82) is 0 Å². The molecule has 0 aromatic carbocycles. The van der Waals surface area contributed by atoms with Crippen molar-refractivity contribution in [2.24, 2.45) is 5.41 Å². The Morgan fingerprint density at radius 3 is 2.24 bits per heavy atom. The number of rotatable bonds is 2. The Hall–Kier alpha value is -1.53. The van der Waals surface area contributed by atoms with E-state index in [2.05, 4.69) is 10.3 Å². The third kappa shape index (κ3) is 3.76. The fraction of sp³-hybridized carbons (Fsp3) is 0.400. The summed E-state index contributed by atoms with van der Waals surface area (Å²) in [5, 5.41) is 2.45. The smallest absolute Gasteiger partial charge is 0.445 e. The maximum absolute atomic E-state index is 12.3.